The molecule has 0 unspecified atom stereocenters. The Morgan fingerprint density at radius 2 is 1.70 bits per heavy atom. The summed E-state index contributed by atoms with van der Waals surface area (Å²) in [4.78, 5) is 18.2. The van der Waals surface area contributed by atoms with E-state index in [0.717, 1.165) is 39.1 Å². The lowest BCUT2D eigenvalue weighted by Crippen LogP contribution is -2.55. The number of nitrogens with zero attached hydrogens (tertiary/aromatic N) is 2. The van der Waals surface area contributed by atoms with Crippen molar-refractivity contribution in [3.63, 3.8) is 0 Å². The largest absolute Gasteiger partial charge is 0.507 e. The topological polar surface area (TPSA) is 156 Å². The van der Waals surface area contributed by atoms with Crippen molar-refractivity contribution in [2.75, 3.05) is 53.0 Å². The summed E-state index contributed by atoms with van der Waals surface area (Å²) in [6, 6.07) is 9.82. The predicted molar refractivity (Wildman–Crippen MR) is 146 cm³/mol. The minimum Gasteiger partial charge on any atom is -0.507 e. The average molecular weight is 557 g/mol. The number of phenolic OH excluding ortho intramolecular Hbond substituents is 1. The van der Waals surface area contributed by atoms with Crippen LogP contribution in [0.4, 0.5) is 0 Å². The summed E-state index contributed by atoms with van der Waals surface area (Å²) in [5, 5.41) is 51.2. The third kappa shape index (κ3) is 5.72. The number of hydrogen-bond donors (Lipinski definition) is 5. The summed E-state index contributed by atoms with van der Waals surface area (Å²) in [6.45, 7) is 5.27. The highest BCUT2D eigenvalue weighted by Gasteiger charge is 2.45. The van der Waals surface area contributed by atoms with E-state index in [2.05, 4.69) is 16.8 Å². The highest BCUT2D eigenvalue weighted by molar-refractivity contribution is 5.86. The molecule has 0 radical (unpaired) electrons. The predicted octanol–water partition coefficient (Wildman–Crippen LogP) is 0.697. The van der Waals surface area contributed by atoms with Crippen molar-refractivity contribution in [1.29, 1.82) is 0 Å². The Labute approximate surface area is 231 Å². The van der Waals surface area contributed by atoms with Crippen LogP contribution < -0.4 is 10.2 Å². The molecule has 0 amide bonds. The Bertz CT molecular complexity index is 1350. The molecule has 5 rings (SSSR count). The molecule has 2 aliphatic rings. The molecule has 0 spiro atoms. The number of piperazine rings is 1. The molecule has 0 aliphatic carbocycles. The lowest BCUT2D eigenvalue weighted by atomic mass is 9.89. The first-order valence-corrected chi connectivity index (χ1v) is 13.5. The zero-order valence-electron chi connectivity index (χ0n) is 22.3. The van der Waals surface area contributed by atoms with Crippen LogP contribution in [0.5, 0.6) is 11.5 Å². The van der Waals surface area contributed by atoms with Gasteiger partial charge in [0, 0.05) is 32.7 Å². The highest BCUT2D eigenvalue weighted by atomic mass is 16.5. The number of likely N-dealkylation sites (N-methyl/N-ethyl adjacent to an activating group) is 1. The van der Waals surface area contributed by atoms with Crippen LogP contribution in [0.15, 0.2) is 51.9 Å². The van der Waals surface area contributed by atoms with E-state index in [9.17, 15) is 30.3 Å². The van der Waals surface area contributed by atoms with Crippen molar-refractivity contribution < 1.29 is 39.4 Å². The number of aliphatic hydroxyl groups excluding tert-OH is 4. The molecule has 5 atom stereocenters. The van der Waals surface area contributed by atoms with Crippen molar-refractivity contribution in [3.8, 4) is 22.6 Å². The third-order valence-electron chi connectivity index (χ3n) is 7.78. The minimum absolute atomic E-state index is 0.0293. The Morgan fingerprint density at radius 3 is 2.40 bits per heavy atom. The molecule has 3 heterocycles. The number of benzene rings is 2. The summed E-state index contributed by atoms with van der Waals surface area (Å²) in [7, 11) is 2.14. The molecule has 216 valence electrons. The highest BCUT2D eigenvalue weighted by Crippen LogP contribution is 2.40. The lowest BCUT2D eigenvalue weighted by molar-refractivity contribution is -0.231. The normalized spacial score (nSPS) is 26.3. The maximum atomic E-state index is 13.4. The fourth-order valence-corrected chi connectivity index (χ4v) is 5.31. The second-order valence-electron chi connectivity index (χ2n) is 10.5. The SMILES string of the molecule is CN1CCN(CCCOc2ccc(-c3coc4c([C@@H]5O[C@H](CO)[C@@H](O)[C@H](O)[C@H]5O)c(O)ccc4c3=O)cc2)CC1. The molecular formula is C29H36N2O9. The molecule has 0 bridgehead atoms. The van der Waals surface area contributed by atoms with Gasteiger partial charge in [-0.05, 0) is 43.3 Å². The first-order chi connectivity index (χ1) is 19.3. The maximum Gasteiger partial charge on any atom is 0.200 e. The molecule has 5 N–H and O–H groups in total. The molecule has 2 fully saturated rings. The van der Waals surface area contributed by atoms with Crippen LogP contribution in [-0.2, 0) is 4.74 Å². The van der Waals surface area contributed by atoms with Crippen LogP contribution in [0.3, 0.4) is 0 Å². The fourth-order valence-electron chi connectivity index (χ4n) is 5.31. The van der Waals surface area contributed by atoms with E-state index >= 15 is 0 Å². The van der Waals surface area contributed by atoms with Gasteiger partial charge in [0.15, 0.2) is 0 Å². The quantitative estimate of drug-likeness (QED) is 0.249. The molecule has 1 aromatic heterocycles. The molecule has 11 heteroatoms. The first-order valence-electron chi connectivity index (χ1n) is 13.5. The van der Waals surface area contributed by atoms with Crippen molar-refractivity contribution in [2.45, 2.75) is 36.9 Å². The van der Waals surface area contributed by atoms with Crippen molar-refractivity contribution in [2.24, 2.45) is 0 Å². The molecule has 40 heavy (non-hydrogen) atoms. The van der Waals surface area contributed by atoms with Gasteiger partial charge in [-0.25, -0.2) is 0 Å². The molecule has 2 aliphatic heterocycles. The van der Waals surface area contributed by atoms with E-state index in [1.165, 1.54) is 18.4 Å². The standard InChI is InChI=1S/C29H36N2O9/c1-30-10-12-31(13-11-30)9-2-14-38-18-5-3-17(4-6-18)20-16-39-28-19(24(20)34)7-8-21(33)23(28)29-27(37)26(36)25(35)22(15-32)40-29/h3-8,16,22,25-27,29,32-33,35-37H,2,9-15H2,1H3/t22-,25-,26+,27-,29+/m1/s1. The molecule has 11 nitrogen and oxygen atoms in total. The Balaban J connectivity index is 1.32. The maximum absolute atomic E-state index is 13.4. The van der Waals surface area contributed by atoms with Crippen molar-refractivity contribution in [1.82, 2.24) is 9.80 Å². The van der Waals surface area contributed by atoms with Gasteiger partial charge >= 0.3 is 0 Å². The van der Waals surface area contributed by atoms with Gasteiger partial charge in [-0.2, -0.15) is 0 Å². The molecule has 0 saturated carbocycles. The van der Waals surface area contributed by atoms with Crippen LogP contribution in [0.2, 0.25) is 0 Å². The van der Waals surface area contributed by atoms with Gasteiger partial charge in [-0.3, -0.25) is 4.79 Å². The summed E-state index contributed by atoms with van der Waals surface area (Å²) in [5.74, 6) is 0.365. The summed E-state index contributed by atoms with van der Waals surface area (Å²) < 4.78 is 17.3. The van der Waals surface area contributed by atoms with Crippen molar-refractivity contribution in [3.05, 3.63) is 58.4 Å². The molecule has 2 aromatic carbocycles. The second kappa shape index (κ2) is 12.2. The number of aliphatic hydroxyl groups is 4. The number of ether oxygens (including phenoxy) is 2. The number of aromatic hydroxyl groups is 1. The minimum atomic E-state index is -1.65. The van der Waals surface area contributed by atoms with Crippen LogP contribution in [0.25, 0.3) is 22.1 Å². The molecule has 2 saturated heterocycles. The summed E-state index contributed by atoms with van der Waals surface area (Å²) in [5.41, 5.74) is 0.451. The van der Waals surface area contributed by atoms with Gasteiger partial charge in [0.25, 0.3) is 0 Å². The van der Waals surface area contributed by atoms with Crippen LogP contribution in [0, 0.1) is 0 Å². The average Bonchev–Trinajstić information content (AvgIpc) is 2.96. The van der Waals surface area contributed by atoms with E-state index in [1.807, 2.05) is 0 Å². The second-order valence-corrected chi connectivity index (χ2v) is 10.5. The van der Waals surface area contributed by atoms with Gasteiger partial charge < -0.3 is 49.2 Å². The van der Waals surface area contributed by atoms with E-state index < -0.39 is 37.1 Å². The Hall–Kier alpha value is -3.03. The first kappa shape index (κ1) is 28.5. The van der Waals surface area contributed by atoms with Gasteiger partial charge in [0.1, 0.15) is 53.9 Å². The smallest absolute Gasteiger partial charge is 0.200 e. The van der Waals surface area contributed by atoms with E-state index in [-0.39, 0.29) is 27.7 Å². The van der Waals surface area contributed by atoms with Gasteiger partial charge in [0.2, 0.25) is 5.43 Å². The lowest BCUT2D eigenvalue weighted by Gasteiger charge is -2.40. The van der Waals surface area contributed by atoms with Gasteiger partial charge in [-0.15, -0.1) is 0 Å². The molecular weight excluding hydrogens is 520 g/mol. The van der Waals surface area contributed by atoms with Gasteiger partial charge in [-0.1, -0.05) is 12.1 Å². The van der Waals surface area contributed by atoms with Gasteiger partial charge in [0.05, 0.1) is 29.7 Å². The summed E-state index contributed by atoms with van der Waals surface area (Å²) >= 11 is 0. The summed E-state index contributed by atoms with van der Waals surface area (Å²) in [6.07, 6.45) is -5.21. The van der Waals surface area contributed by atoms with E-state index in [4.69, 9.17) is 13.9 Å². The van der Waals surface area contributed by atoms with Crippen molar-refractivity contribution >= 4 is 11.0 Å². The third-order valence-corrected chi connectivity index (χ3v) is 7.78. The zero-order chi connectivity index (χ0) is 28.4. The number of fused-ring (bicyclic) bond motifs is 1. The van der Waals surface area contributed by atoms with Crippen LogP contribution in [0.1, 0.15) is 18.1 Å². The van der Waals surface area contributed by atoms with Crippen LogP contribution in [-0.4, -0.2) is 113 Å². The van der Waals surface area contributed by atoms with Crippen LogP contribution >= 0.6 is 0 Å². The van der Waals surface area contributed by atoms with E-state index in [0.29, 0.717) is 23.5 Å². The molecule has 3 aromatic rings. The van der Waals surface area contributed by atoms with E-state index in [1.54, 1.807) is 24.3 Å². The Kier molecular flexibility index (Phi) is 8.71. The number of hydrogen-bond acceptors (Lipinski definition) is 11. The number of phenols is 1. The number of rotatable bonds is 8. The zero-order valence-corrected chi connectivity index (χ0v) is 22.3. The Morgan fingerprint density at radius 1 is 0.975 bits per heavy atom. The monoisotopic (exact) mass is 556 g/mol. The fraction of sp³-hybridized carbons (Fsp3) is 0.483.